The number of hydrogen-bond acceptors (Lipinski definition) is 4. The molecule has 0 amide bonds. The van der Waals surface area contributed by atoms with Crippen molar-refractivity contribution in [1.29, 1.82) is 0 Å². The van der Waals surface area contributed by atoms with Gasteiger partial charge in [-0.1, -0.05) is 36.4 Å². The van der Waals surface area contributed by atoms with Crippen LogP contribution in [-0.4, -0.2) is 49.3 Å². The fourth-order valence-corrected chi connectivity index (χ4v) is 3.74. The summed E-state index contributed by atoms with van der Waals surface area (Å²) in [5.74, 6) is -0.163. The van der Waals surface area contributed by atoms with Crippen LogP contribution in [0.4, 0.5) is 0 Å². The molecule has 0 saturated carbocycles. The summed E-state index contributed by atoms with van der Waals surface area (Å²) in [6, 6.07) is 16.2. The molecule has 1 unspecified atom stereocenters. The van der Waals surface area contributed by atoms with Crippen molar-refractivity contribution in [3.8, 4) is 5.75 Å². The second-order valence-corrected chi connectivity index (χ2v) is 7.43. The number of methoxy groups -OCH3 is 1. The lowest BCUT2D eigenvalue weighted by atomic mass is 9.95. The third kappa shape index (κ3) is 6.25. The molecular weight excluding hydrogens is 402 g/mol. The Morgan fingerprint density at radius 3 is 2.77 bits per heavy atom. The molecule has 1 saturated heterocycles. The molecule has 0 radical (unpaired) electrons. The third-order valence-corrected chi connectivity index (χ3v) is 5.40. The summed E-state index contributed by atoms with van der Waals surface area (Å²) in [7, 11) is 1.66. The Labute approximate surface area is 184 Å². The smallest absolute Gasteiger partial charge is 0.307 e. The lowest BCUT2D eigenvalue weighted by Crippen LogP contribution is -2.40. The van der Waals surface area contributed by atoms with E-state index >= 15 is 0 Å². The van der Waals surface area contributed by atoms with Gasteiger partial charge in [0.2, 0.25) is 0 Å². The number of likely N-dealkylation sites (tertiary alicyclic amines) is 1. The molecule has 0 aliphatic carbocycles. The predicted octanol–water partition coefficient (Wildman–Crippen LogP) is 4.63. The largest absolute Gasteiger partial charge is 0.499 e. The summed E-state index contributed by atoms with van der Waals surface area (Å²) >= 11 is 0. The van der Waals surface area contributed by atoms with Crippen LogP contribution >= 0.6 is 12.4 Å². The Hall–Kier alpha value is -2.50. The van der Waals surface area contributed by atoms with Crippen molar-refractivity contribution in [3.05, 3.63) is 71.5 Å². The molecule has 30 heavy (non-hydrogen) atoms. The van der Waals surface area contributed by atoms with Gasteiger partial charge in [0, 0.05) is 18.7 Å². The first kappa shape index (κ1) is 23.8. The van der Waals surface area contributed by atoms with Crippen LogP contribution in [0.2, 0.25) is 0 Å². The molecule has 0 aromatic heterocycles. The Morgan fingerprint density at radius 2 is 2.03 bits per heavy atom. The van der Waals surface area contributed by atoms with Crippen molar-refractivity contribution in [2.75, 3.05) is 33.4 Å². The minimum atomic E-state index is -0.699. The zero-order chi connectivity index (χ0) is 20.6. The number of aryl methyl sites for hydroxylation is 1. The fraction of sp³-hybridized carbons (Fsp3) is 0.375. The number of halogens is 1. The zero-order valence-electron chi connectivity index (χ0n) is 17.5. The number of piperidine rings is 1. The molecule has 1 atom stereocenters. The highest BCUT2D eigenvalue weighted by atomic mass is 35.5. The van der Waals surface area contributed by atoms with Gasteiger partial charge < -0.3 is 14.6 Å². The molecule has 0 bridgehead atoms. The van der Waals surface area contributed by atoms with Crippen LogP contribution in [0.3, 0.4) is 0 Å². The molecule has 1 heterocycles. The first-order valence-electron chi connectivity index (χ1n) is 10.1. The molecule has 2 aromatic carbocycles. The second kappa shape index (κ2) is 11.6. The SMILES string of the molecule is COc1cccc(C(=COCCN2CCCC(C(=O)O)C2)c2ccccc2C)c1.Cl. The molecule has 1 N–H and O–H groups in total. The van der Waals surface area contributed by atoms with Gasteiger partial charge in [0.25, 0.3) is 0 Å². The van der Waals surface area contributed by atoms with E-state index in [-0.39, 0.29) is 18.3 Å². The van der Waals surface area contributed by atoms with E-state index in [0.717, 1.165) is 48.4 Å². The average molecular weight is 432 g/mol. The number of ether oxygens (including phenoxy) is 2. The number of carbonyl (C=O) groups is 1. The van der Waals surface area contributed by atoms with Gasteiger partial charge in [-0.05, 0) is 55.1 Å². The second-order valence-electron chi connectivity index (χ2n) is 7.43. The van der Waals surface area contributed by atoms with E-state index in [4.69, 9.17) is 9.47 Å². The van der Waals surface area contributed by atoms with Crippen molar-refractivity contribution in [1.82, 2.24) is 4.90 Å². The fourth-order valence-electron chi connectivity index (χ4n) is 3.74. The molecule has 5 nitrogen and oxygen atoms in total. The Kier molecular flexibility index (Phi) is 9.21. The number of hydrogen-bond donors (Lipinski definition) is 1. The van der Waals surface area contributed by atoms with Gasteiger partial charge in [-0.25, -0.2) is 0 Å². The van der Waals surface area contributed by atoms with Crippen molar-refractivity contribution < 1.29 is 19.4 Å². The minimum absolute atomic E-state index is 0. The van der Waals surface area contributed by atoms with Crippen molar-refractivity contribution in [3.63, 3.8) is 0 Å². The first-order valence-corrected chi connectivity index (χ1v) is 10.1. The molecule has 6 heteroatoms. The predicted molar refractivity (Wildman–Crippen MR) is 121 cm³/mol. The number of benzene rings is 2. The summed E-state index contributed by atoms with van der Waals surface area (Å²) in [6.07, 6.45) is 3.50. The highest BCUT2D eigenvalue weighted by Gasteiger charge is 2.24. The van der Waals surface area contributed by atoms with Gasteiger partial charge in [-0.3, -0.25) is 9.69 Å². The summed E-state index contributed by atoms with van der Waals surface area (Å²) in [6.45, 7) is 4.86. The van der Waals surface area contributed by atoms with Gasteiger partial charge >= 0.3 is 5.97 Å². The first-order chi connectivity index (χ1) is 14.1. The van der Waals surface area contributed by atoms with Gasteiger partial charge in [0.05, 0.1) is 19.3 Å². The van der Waals surface area contributed by atoms with Crippen LogP contribution in [-0.2, 0) is 9.53 Å². The topological polar surface area (TPSA) is 59.0 Å². The van der Waals surface area contributed by atoms with Crippen LogP contribution in [0.25, 0.3) is 5.57 Å². The molecule has 1 aliphatic rings. The highest BCUT2D eigenvalue weighted by molar-refractivity contribution is 5.85. The molecule has 1 fully saturated rings. The van der Waals surface area contributed by atoms with Crippen molar-refractivity contribution in [2.24, 2.45) is 5.92 Å². The zero-order valence-corrected chi connectivity index (χ0v) is 18.4. The summed E-state index contributed by atoms with van der Waals surface area (Å²) in [5.41, 5.74) is 4.32. The maximum atomic E-state index is 11.2. The highest BCUT2D eigenvalue weighted by Crippen LogP contribution is 2.28. The number of carboxylic acid groups (broad SMARTS) is 1. The van der Waals surface area contributed by atoms with Gasteiger partial charge in [-0.15, -0.1) is 12.4 Å². The van der Waals surface area contributed by atoms with E-state index in [1.165, 1.54) is 5.56 Å². The van der Waals surface area contributed by atoms with E-state index in [1.807, 2.05) is 42.7 Å². The standard InChI is InChI=1S/C24H29NO4.ClH/c1-18-7-3-4-11-22(18)23(19-8-5-10-21(15-19)28-2)17-29-14-13-25-12-6-9-20(16-25)24(26)27;/h3-5,7-8,10-11,15,17,20H,6,9,12-14,16H2,1-2H3,(H,26,27);1H. The van der Waals surface area contributed by atoms with E-state index in [2.05, 4.69) is 24.0 Å². The Morgan fingerprint density at radius 1 is 1.23 bits per heavy atom. The van der Waals surface area contributed by atoms with Crippen LogP contribution in [0.1, 0.15) is 29.5 Å². The Balaban J connectivity index is 0.00000320. The van der Waals surface area contributed by atoms with E-state index in [9.17, 15) is 9.90 Å². The normalized spacial score (nSPS) is 17.1. The summed E-state index contributed by atoms with van der Waals surface area (Å²) < 4.78 is 11.3. The van der Waals surface area contributed by atoms with E-state index in [1.54, 1.807) is 7.11 Å². The van der Waals surface area contributed by atoms with E-state index in [0.29, 0.717) is 13.2 Å². The number of rotatable bonds is 8. The lowest BCUT2D eigenvalue weighted by molar-refractivity contribution is -0.143. The molecule has 1 aliphatic heterocycles. The van der Waals surface area contributed by atoms with Crippen LogP contribution in [0, 0.1) is 12.8 Å². The maximum Gasteiger partial charge on any atom is 0.307 e. The summed E-state index contributed by atoms with van der Waals surface area (Å²) in [4.78, 5) is 13.4. The number of carboxylic acids is 1. The number of nitrogens with zero attached hydrogens (tertiary/aromatic N) is 1. The van der Waals surface area contributed by atoms with Gasteiger partial charge in [-0.2, -0.15) is 0 Å². The Bertz CT molecular complexity index is 868. The molecular formula is C24H30ClNO4. The molecule has 2 aromatic rings. The van der Waals surface area contributed by atoms with Gasteiger partial charge in [0.15, 0.2) is 0 Å². The molecule has 0 spiro atoms. The van der Waals surface area contributed by atoms with Crippen molar-refractivity contribution >= 4 is 23.9 Å². The average Bonchev–Trinajstić information content (AvgIpc) is 2.75. The minimum Gasteiger partial charge on any atom is -0.499 e. The third-order valence-electron chi connectivity index (χ3n) is 5.40. The quantitative estimate of drug-likeness (QED) is 0.488. The lowest BCUT2D eigenvalue weighted by Gasteiger charge is -2.30. The monoisotopic (exact) mass is 431 g/mol. The maximum absolute atomic E-state index is 11.2. The summed E-state index contributed by atoms with van der Waals surface area (Å²) in [5, 5.41) is 9.24. The van der Waals surface area contributed by atoms with Crippen molar-refractivity contribution in [2.45, 2.75) is 19.8 Å². The van der Waals surface area contributed by atoms with Gasteiger partial charge in [0.1, 0.15) is 12.4 Å². The molecule has 162 valence electrons. The number of aliphatic carboxylic acids is 1. The molecule has 3 rings (SSSR count). The van der Waals surface area contributed by atoms with Crippen LogP contribution in [0.5, 0.6) is 5.75 Å². The van der Waals surface area contributed by atoms with Crippen LogP contribution in [0.15, 0.2) is 54.8 Å². The van der Waals surface area contributed by atoms with Crippen LogP contribution < -0.4 is 4.74 Å². The van der Waals surface area contributed by atoms with E-state index < -0.39 is 5.97 Å².